The summed E-state index contributed by atoms with van der Waals surface area (Å²) in [5.41, 5.74) is 4.13. The lowest BCUT2D eigenvalue weighted by atomic mass is 10.1. The molecule has 1 heterocycles. The van der Waals surface area contributed by atoms with Crippen LogP contribution in [0.3, 0.4) is 0 Å². The molecule has 0 fully saturated rings. The molecule has 4 nitrogen and oxygen atoms in total. The van der Waals surface area contributed by atoms with Gasteiger partial charge in [-0.3, -0.25) is 9.89 Å². The lowest BCUT2D eigenvalue weighted by molar-refractivity contribution is 0.0982. The number of rotatable bonds is 8. The van der Waals surface area contributed by atoms with Gasteiger partial charge in [0.2, 0.25) is 0 Å². The van der Waals surface area contributed by atoms with Crippen molar-refractivity contribution < 1.29 is 4.79 Å². The number of aryl methyl sites for hydroxylation is 1. The second kappa shape index (κ2) is 7.62. The molecule has 0 aliphatic rings. The van der Waals surface area contributed by atoms with Crippen LogP contribution < -0.4 is 5.32 Å². The van der Waals surface area contributed by atoms with Gasteiger partial charge in [-0.05, 0) is 37.1 Å². The van der Waals surface area contributed by atoms with Crippen LogP contribution in [0.25, 0.3) is 0 Å². The Hall–Kier alpha value is -2.10. The number of aromatic amines is 1. The first-order chi connectivity index (χ1) is 10.2. The molecule has 0 bridgehead atoms. The number of hydrogen-bond acceptors (Lipinski definition) is 3. The van der Waals surface area contributed by atoms with Crippen LogP contribution in [0.1, 0.15) is 54.7 Å². The molecular formula is C17H23N3O. The summed E-state index contributed by atoms with van der Waals surface area (Å²) in [6.45, 7) is 4.92. The summed E-state index contributed by atoms with van der Waals surface area (Å²) < 4.78 is 0. The van der Waals surface area contributed by atoms with Gasteiger partial charge < -0.3 is 5.32 Å². The molecule has 0 atom stereocenters. The number of ketones is 1. The highest BCUT2D eigenvalue weighted by molar-refractivity contribution is 5.96. The zero-order chi connectivity index (χ0) is 15.1. The molecular weight excluding hydrogens is 262 g/mol. The van der Waals surface area contributed by atoms with E-state index in [1.54, 1.807) is 0 Å². The van der Waals surface area contributed by atoms with Crippen molar-refractivity contribution in [2.45, 2.75) is 46.1 Å². The fourth-order valence-corrected chi connectivity index (χ4v) is 2.29. The number of carbonyl (C=O) groups excluding carboxylic acids is 1. The van der Waals surface area contributed by atoms with E-state index < -0.39 is 0 Å². The lowest BCUT2D eigenvalue weighted by Crippen LogP contribution is -2.02. The second-order valence-electron chi connectivity index (χ2n) is 5.21. The number of H-pyrrole nitrogens is 1. The molecule has 0 amide bonds. The Morgan fingerprint density at radius 3 is 2.62 bits per heavy atom. The number of carbonyl (C=O) groups is 1. The molecule has 2 aromatic rings. The molecule has 1 aromatic heterocycles. The first kappa shape index (κ1) is 15.3. The Bertz CT molecular complexity index is 572. The molecule has 2 rings (SSSR count). The van der Waals surface area contributed by atoms with E-state index in [2.05, 4.69) is 22.4 Å². The average Bonchev–Trinajstić information content (AvgIpc) is 2.94. The molecule has 0 saturated heterocycles. The Morgan fingerprint density at radius 1 is 1.19 bits per heavy atom. The quantitative estimate of drug-likeness (QED) is 0.722. The van der Waals surface area contributed by atoms with Gasteiger partial charge in [-0.25, -0.2) is 0 Å². The number of nitrogens with zero attached hydrogens (tertiary/aromatic N) is 1. The molecule has 0 saturated carbocycles. The highest BCUT2D eigenvalue weighted by Gasteiger charge is 2.06. The summed E-state index contributed by atoms with van der Waals surface area (Å²) in [7, 11) is 0. The Balaban J connectivity index is 1.94. The van der Waals surface area contributed by atoms with Crippen molar-refractivity contribution in [1.82, 2.24) is 10.2 Å². The fraction of sp³-hybridized carbons (Fsp3) is 0.412. The maximum atomic E-state index is 11.8. The number of hydrogen-bond donors (Lipinski definition) is 2. The van der Waals surface area contributed by atoms with Crippen LogP contribution in [-0.4, -0.2) is 16.0 Å². The first-order valence-electron chi connectivity index (χ1n) is 7.63. The van der Waals surface area contributed by atoms with Crippen LogP contribution in [0.15, 0.2) is 30.5 Å². The molecule has 4 heteroatoms. The third-order valence-electron chi connectivity index (χ3n) is 3.46. The highest BCUT2D eigenvalue weighted by atomic mass is 16.1. The summed E-state index contributed by atoms with van der Waals surface area (Å²) in [6.07, 6.45) is 5.52. The smallest absolute Gasteiger partial charge is 0.162 e. The summed E-state index contributed by atoms with van der Waals surface area (Å²) in [5.74, 6) is 0.212. The molecule has 0 spiro atoms. The number of Topliss-reactive ketones (excluding diaryl/α,β-unsaturated/α-hetero) is 1. The van der Waals surface area contributed by atoms with E-state index in [0.717, 1.165) is 42.8 Å². The van der Waals surface area contributed by atoms with Gasteiger partial charge in [0, 0.05) is 36.0 Å². The van der Waals surface area contributed by atoms with E-state index in [-0.39, 0.29) is 5.78 Å². The Morgan fingerprint density at radius 2 is 1.95 bits per heavy atom. The fourth-order valence-electron chi connectivity index (χ4n) is 2.29. The molecule has 0 unspecified atom stereocenters. The van der Waals surface area contributed by atoms with Crippen molar-refractivity contribution >= 4 is 11.5 Å². The lowest BCUT2D eigenvalue weighted by Gasteiger charge is -2.07. The van der Waals surface area contributed by atoms with Crippen molar-refractivity contribution in [2.24, 2.45) is 0 Å². The topological polar surface area (TPSA) is 57.8 Å². The zero-order valence-electron chi connectivity index (χ0n) is 12.8. The van der Waals surface area contributed by atoms with Crippen molar-refractivity contribution in [1.29, 1.82) is 0 Å². The van der Waals surface area contributed by atoms with Gasteiger partial charge >= 0.3 is 0 Å². The molecule has 112 valence electrons. The zero-order valence-corrected chi connectivity index (χ0v) is 12.8. The van der Waals surface area contributed by atoms with Gasteiger partial charge in [-0.2, -0.15) is 5.10 Å². The second-order valence-corrected chi connectivity index (χ2v) is 5.21. The minimum Gasteiger partial charge on any atom is -0.381 e. The molecule has 2 N–H and O–H groups in total. The summed E-state index contributed by atoms with van der Waals surface area (Å²) in [6, 6.07) is 7.70. The van der Waals surface area contributed by atoms with E-state index in [4.69, 9.17) is 0 Å². The van der Waals surface area contributed by atoms with E-state index in [1.807, 2.05) is 37.4 Å². The highest BCUT2D eigenvalue weighted by Crippen LogP contribution is 2.14. The van der Waals surface area contributed by atoms with Crippen LogP contribution in [0.5, 0.6) is 0 Å². The molecule has 21 heavy (non-hydrogen) atoms. The van der Waals surface area contributed by atoms with Crippen LogP contribution in [0.4, 0.5) is 5.69 Å². The van der Waals surface area contributed by atoms with Crippen LogP contribution in [0, 0.1) is 0 Å². The number of anilines is 1. The Kier molecular flexibility index (Phi) is 5.55. The van der Waals surface area contributed by atoms with Crippen molar-refractivity contribution in [3.8, 4) is 0 Å². The van der Waals surface area contributed by atoms with Gasteiger partial charge in [-0.1, -0.05) is 20.3 Å². The maximum Gasteiger partial charge on any atom is 0.162 e. The van der Waals surface area contributed by atoms with Crippen LogP contribution >= 0.6 is 0 Å². The van der Waals surface area contributed by atoms with Crippen LogP contribution in [0.2, 0.25) is 0 Å². The SMILES string of the molecule is CCCC(=O)c1ccc(NCc2c[nH]nc2CCC)cc1. The molecule has 0 aliphatic carbocycles. The van der Waals surface area contributed by atoms with Crippen molar-refractivity contribution in [3.05, 3.63) is 47.3 Å². The van der Waals surface area contributed by atoms with Gasteiger partial charge in [0.15, 0.2) is 5.78 Å². The third-order valence-corrected chi connectivity index (χ3v) is 3.46. The Labute approximate surface area is 126 Å². The van der Waals surface area contributed by atoms with E-state index in [0.29, 0.717) is 6.42 Å². The molecule has 0 aliphatic heterocycles. The summed E-state index contributed by atoms with van der Waals surface area (Å²) >= 11 is 0. The summed E-state index contributed by atoms with van der Waals surface area (Å²) in [4.78, 5) is 11.8. The van der Waals surface area contributed by atoms with Gasteiger partial charge in [-0.15, -0.1) is 0 Å². The normalized spacial score (nSPS) is 10.6. The van der Waals surface area contributed by atoms with Crippen molar-refractivity contribution in [3.63, 3.8) is 0 Å². The molecule has 1 aromatic carbocycles. The first-order valence-corrected chi connectivity index (χ1v) is 7.63. The largest absolute Gasteiger partial charge is 0.381 e. The average molecular weight is 285 g/mol. The van der Waals surface area contributed by atoms with Crippen LogP contribution in [-0.2, 0) is 13.0 Å². The van der Waals surface area contributed by atoms with E-state index >= 15 is 0 Å². The summed E-state index contributed by atoms with van der Waals surface area (Å²) in [5, 5.41) is 10.6. The predicted octanol–water partition coefficient (Wildman–Crippen LogP) is 3.96. The third kappa shape index (κ3) is 4.18. The number of nitrogens with one attached hydrogen (secondary N) is 2. The van der Waals surface area contributed by atoms with E-state index in [1.165, 1.54) is 5.56 Å². The number of aromatic nitrogens is 2. The standard InChI is InChI=1S/C17H23N3O/c1-3-5-16-14(12-19-20-16)11-18-15-9-7-13(8-10-15)17(21)6-4-2/h7-10,12,18H,3-6,11H2,1-2H3,(H,19,20). The number of benzene rings is 1. The van der Waals surface area contributed by atoms with Crippen molar-refractivity contribution in [2.75, 3.05) is 5.32 Å². The predicted molar refractivity (Wildman–Crippen MR) is 85.6 cm³/mol. The molecule has 0 radical (unpaired) electrons. The van der Waals surface area contributed by atoms with E-state index in [9.17, 15) is 4.79 Å². The van der Waals surface area contributed by atoms with Gasteiger partial charge in [0.05, 0.1) is 5.69 Å². The van der Waals surface area contributed by atoms with Gasteiger partial charge in [0.1, 0.15) is 0 Å². The minimum absolute atomic E-state index is 0.212. The van der Waals surface area contributed by atoms with Gasteiger partial charge in [0.25, 0.3) is 0 Å². The maximum absolute atomic E-state index is 11.8. The minimum atomic E-state index is 0.212. The monoisotopic (exact) mass is 285 g/mol.